The van der Waals surface area contributed by atoms with Gasteiger partial charge in [-0.15, -0.1) is 0 Å². The maximum Gasteiger partial charge on any atom is 0.242 e. The SMILES string of the molecule is CCCN(CCC)C(=O)CN(CCc1ccc(F)cc1)C(C)=O. The van der Waals surface area contributed by atoms with E-state index in [0.29, 0.717) is 13.0 Å². The Hall–Kier alpha value is -1.91. The maximum absolute atomic E-state index is 12.9. The highest BCUT2D eigenvalue weighted by Gasteiger charge is 2.18. The molecule has 0 atom stereocenters. The van der Waals surface area contributed by atoms with Gasteiger partial charge in [0.2, 0.25) is 11.8 Å². The minimum atomic E-state index is -0.276. The molecule has 0 heterocycles. The summed E-state index contributed by atoms with van der Waals surface area (Å²) in [7, 11) is 0. The van der Waals surface area contributed by atoms with Crippen molar-refractivity contribution in [2.75, 3.05) is 26.2 Å². The van der Waals surface area contributed by atoms with Crippen LogP contribution in [-0.4, -0.2) is 47.8 Å². The number of halogens is 1. The highest BCUT2D eigenvalue weighted by molar-refractivity contribution is 5.83. The Labute approximate surface area is 138 Å². The molecule has 1 aromatic carbocycles. The summed E-state index contributed by atoms with van der Waals surface area (Å²) in [6, 6.07) is 6.22. The summed E-state index contributed by atoms with van der Waals surface area (Å²) in [5.41, 5.74) is 0.948. The molecule has 0 radical (unpaired) electrons. The molecule has 0 aliphatic rings. The summed E-state index contributed by atoms with van der Waals surface area (Å²) in [5, 5.41) is 0. The van der Waals surface area contributed by atoms with Crippen LogP contribution in [0.25, 0.3) is 0 Å². The van der Waals surface area contributed by atoms with Crippen LogP contribution in [0.5, 0.6) is 0 Å². The summed E-state index contributed by atoms with van der Waals surface area (Å²) in [5.74, 6) is -0.404. The Kier molecular flexibility index (Phi) is 8.30. The molecular weight excluding hydrogens is 295 g/mol. The molecule has 0 N–H and O–H groups in total. The van der Waals surface area contributed by atoms with Crippen LogP contribution in [0, 0.1) is 5.82 Å². The molecule has 0 saturated heterocycles. The van der Waals surface area contributed by atoms with E-state index in [1.807, 2.05) is 18.7 Å². The van der Waals surface area contributed by atoms with E-state index in [-0.39, 0.29) is 24.2 Å². The molecule has 0 fully saturated rings. The Morgan fingerprint density at radius 1 is 0.957 bits per heavy atom. The molecular formula is C18H27FN2O2. The molecule has 1 aromatic rings. The van der Waals surface area contributed by atoms with Gasteiger partial charge in [0.25, 0.3) is 0 Å². The summed E-state index contributed by atoms with van der Waals surface area (Å²) in [4.78, 5) is 27.5. The van der Waals surface area contributed by atoms with Gasteiger partial charge in [-0.3, -0.25) is 9.59 Å². The van der Waals surface area contributed by atoms with E-state index in [9.17, 15) is 14.0 Å². The predicted molar refractivity (Wildman–Crippen MR) is 89.5 cm³/mol. The monoisotopic (exact) mass is 322 g/mol. The highest BCUT2D eigenvalue weighted by Crippen LogP contribution is 2.06. The van der Waals surface area contributed by atoms with Gasteiger partial charge in [-0.05, 0) is 37.0 Å². The number of hydrogen-bond donors (Lipinski definition) is 0. The van der Waals surface area contributed by atoms with E-state index in [2.05, 4.69) is 0 Å². The summed E-state index contributed by atoms with van der Waals surface area (Å²) >= 11 is 0. The molecule has 128 valence electrons. The van der Waals surface area contributed by atoms with Crippen LogP contribution in [-0.2, 0) is 16.0 Å². The number of rotatable bonds is 9. The average Bonchev–Trinajstić information content (AvgIpc) is 2.52. The lowest BCUT2D eigenvalue weighted by molar-refractivity contribution is -0.139. The minimum absolute atomic E-state index is 0.0111. The van der Waals surface area contributed by atoms with Gasteiger partial charge in [-0.25, -0.2) is 4.39 Å². The first kappa shape index (κ1) is 19.1. The van der Waals surface area contributed by atoms with Crippen molar-refractivity contribution in [3.8, 4) is 0 Å². The molecule has 23 heavy (non-hydrogen) atoms. The molecule has 5 heteroatoms. The van der Waals surface area contributed by atoms with Gasteiger partial charge in [-0.2, -0.15) is 0 Å². The fourth-order valence-electron chi connectivity index (χ4n) is 2.43. The van der Waals surface area contributed by atoms with Crippen molar-refractivity contribution in [3.05, 3.63) is 35.6 Å². The van der Waals surface area contributed by atoms with Crippen LogP contribution in [0.4, 0.5) is 4.39 Å². The quantitative estimate of drug-likeness (QED) is 0.701. The van der Waals surface area contributed by atoms with Crippen LogP contribution in [0.3, 0.4) is 0 Å². The Balaban J connectivity index is 2.61. The third-order valence-corrected chi connectivity index (χ3v) is 3.69. The van der Waals surface area contributed by atoms with Crippen molar-refractivity contribution < 1.29 is 14.0 Å². The second-order valence-electron chi connectivity index (χ2n) is 5.70. The molecule has 0 aliphatic heterocycles. The third-order valence-electron chi connectivity index (χ3n) is 3.69. The van der Waals surface area contributed by atoms with Crippen LogP contribution < -0.4 is 0 Å². The van der Waals surface area contributed by atoms with Crippen LogP contribution in [0.1, 0.15) is 39.2 Å². The van der Waals surface area contributed by atoms with E-state index in [1.54, 1.807) is 17.0 Å². The number of amides is 2. The molecule has 0 aromatic heterocycles. The van der Waals surface area contributed by atoms with Crippen LogP contribution in [0.15, 0.2) is 24.3 Å². The first-order valence-corrected chi connectivity index (χ1v) is 8.25. The Morgan fingerprint density at radius 2 is 1.52 bits per heavy atom. The summed E-state index contributed by atoms with van der Waals surface area (Å²) < 4.78 is 12.9. The largest absolute Gasteiger partial charge is 0.341 e. The summed E-state index contributed by atoms with van der Waals surface area (Å²) in [6.45, 7) is 7.55. The highest BCUT2D eigenvalue weighted by atomic mass is 19.1. The van der Waals surface area contributed by atoms with Gasteiger partial charge in [0, 0.05) is 26.6 Å². The molecule has 2 amide bonds. The first-order chi connectivity index (χ1) is 11.0. The van der Waals surface area contributed by atoms with Gasteiger partial charge < -0.3 is 9.80 Å². The van der Waals surface area contributed by atoms with Gasteiger partial charge in [-0.1, -0.05) is 26.0 Å². The number of benzene rings is 1. The second kappa shape index (κ2) is 9.98. The molecule has 0 bridgehead atoms. The third kappa shape index (κ3) is 6.80. The predicted octanol–water partition coefficient (Wildman–Crippen LogP) is 2.87. The molecule has 4 nitrogen and oxygen atoms in total. The standard InChI is InChI=1S/C18H27FN2O2/c1-4-11-20(12-5-2)18(23)14-21(15(3)22)13-10-16-6-8-17(19)9-7-16/h6-9H,4-5,10-14H2,1-3H3. The Morgan fingerprint density at radius 3 is 2.00 bits per heavy atom. The lowest BCUT2D eigenvalue weighted by atomic mass is 10.1. The first-order valence-electron chi connectivity index (χ1n) is 8.25. The van der Waals surface area contributed by atoms with E-state index in [0.717, 1.165) is 31.5 Å². The molecule has 0 spiro atoms. The van der Waals surface area contributed by atoms with Crippen molar-refractivity contribution in [2.24, 2.45) is 0 Å². The smallest absolute Gasteiger partial charge is 0.242 e. The Bertz CT molecular complexity index is 496. The molecule has 0 aliphatic carbocycles. The van der Waals surface area contributed by atoms with Crippen molar-refractivity contribution >= 4 is 11.8 Å². The van der Waals surface area contributed by atoms with Crippen molar-refractivity contribution in [3.63, 3.8) is 0 Å². The second-order valence-corrected chi connectivity index (χ2v) is 5.70. The zero-order valence-electron chi connectivity index (χ0n) is 14.3. The van der Waals surface area contributed by atoms with Gasteiger partial charge in [0.05, 0.1) is 6.54 Å². The van der Waals surface area contributed by atoms with Crippen molar-refractivity contribution in [1.29, 1.82) is 0 Å². The number of carbonyl (C=O) groups is 2. The van der Waals surface area contributed by atoms with E-state index < -0.39 is 0 Å². The minimum Gasteiger partial charge on any atom is -0.341 e. The normalized spacial score (nSPS) is 10.4. The number of carbonyl (C=O) groups excluding carboxylic acids is 2. The fourth-order valence-corrected chi connectivity index (χ4v) is 2.43. The maximum atomic E-state index is 12.9. The lowest BCUT2D eigenvalue weighted by Crippen LogP contribution is -2.43. The topological polar surface area (TPSA) is 40.6 Å². The van der Waals surface area contributed by atoms with Gasteiger partial charge >= 0.3 is 0 Å². The lowest BCUT2D eigenvalue weighted by Gasteiger charge is -2.26. The van der Waals surface area contributed by atoms with E-state index in [1.165, 1.54) is 19.1 Å². The molecule has 0 saturated carbocycles. The van der Waals surface area contributed by atoms with Gasteiger partial charge in [0.1, 0.15) is 5.82 Å². The van der Waals surface area contributed by atoms with Gasteiger partial charge in [0.15, 0.2) is 0 Å². The van der Waals surface area contributed by atoms with E-state index in [4.69, 9.17) is 0 Å². The van der Waals surface area contributed by atoms with Crippen molar-refractivity contribution in [1.82, 2.24) is 9.80 Å². The number of hydrogen-bond acceptors (Lipinski definition) is 2. The summed E-state index contributed by atoms with van der Waals surface area (Å²) in [6.07, 6.45) is 2.41. The fraction of sp³-hybridized carbons (Fsp3) is 0.556. The zero-order chi connectivity index (χ0) is 17.2. The van der Waals surface area contributed by atoms with Crippen LogP contribution in [0.2, 0.25) is 0 Å². The van der Waals surface area contributed by atoms with Crippen LogP contribution >= 0.6 is 0 Å². The van der Waals surface area contributed by atoms with Crippen molar-refractivity contribution in [2.45, 2.75) is 40.0 Å². The van der Waals surface area contributed by atoms with E-state index >= 15 is 0 Å². The molecule has 1 rings (SSSR count). The number of nitrogens with zero attached hydrogens (tertiary/aromatic N) is 2. The molecule has 0 unspecified atom stereocenters. The average molecular weight is 322 g/mol. The zero-order valence-corrected chi connectivity index (χ0v) is 14.3.